The van der Waals surface area contributed by atoms with Gasteiger partial charge in [-0.15, -0.1) is 0 Å². The van der Waals surface area contributed by atoms with Gasteiger partial charge in [0.25, 0.3) is 0 Å². The van der Waals surface area contributed by atoms with Crippen LogP contribution < -0.4 is 5.32 Å². The van der Waals surface area contributed by atoms with Gasteiger partial charge in [-0.1, -0.05) is 6.07 Å². The topological polar surface area (TPSA) is 51.2 Å². The van der Waals surface area contributed by atoms with E-state index in [0.29, 0.717) is 11.5 Å². The van der Waals surface area contributed by atoms with Gasteiger partial charge in [0, 0.05) is 7.05 Å². The molecule has 0 spiro atoms. The Balaban J connectivity index is 2.93. The van der Waals surface area contributed by atoms with E-state index in [1.54, 1.807) is 25.2 Å². The first-order valence-electron chi connectivity index (χ1n) is 3.51. The van der Waals surface area contributed by atoms with Gasteiger partial charge < -0.3 is 10.1 Å². The number of methoxy groups -OCH3 is 1. The van der Waals surface area contributed by atoms with Gasteiger partial charge >= 0.3 is 5.97 Å². The molecular weight excluding hydrogens is 156 g/mol. The van der Waals surface area contributed by atoms with Crippen LogP contribution in [0.5, 0.6) is 0 Å². The van der Waals surface area contributed by atoms with Gasteiger partial charge in [-0.2, -0.15) is 0 Å². The first kappa shape index (κ1) is 8.52. The third-order valence-electron chi connectivity index (χ3n) is 1.40. The molecule has 0 radical (unpaired) electrons. The van der Waals surface area contributed by atoms with Gasteiger partial charge in [0.05, 0.1) is 7.11 Å². The maximum absolute atomic E-state index is 11.0. The molecule has 1 N–H and O–H groups in total. The molecule has 1 aromatic heterocycles. The van der Waals surface area contributed by atoms with Crippen LogP contribution in [-0.4, -0.2) is 25.1 Å². The number of carbonyl (C=O) groups is 1. The highest BCUT2D eigenvalue weighted by atomic mass is 16.5. The fraction of sp³-hybridized carbons (Fsp3) is 0.250. The minimum Gasteiger partial charge on any atom is -0.464 e. The smallest absolute Gasteiger partial charge is 0.356 e. The predicted octanol–water partition coefficient (Wildman–Crippen LogP) is 0.910. The molecule has 1 rings (SSSR count). The largest absolute Gasteiger partial charge is 0.464 e. The van der Waals surface area contributed by atoms with Crippen molar-refractivity contribution in [3.63, 3.8) is 0 Å². The zero-order valence-corrected chi connectivity index (χ0v) is 7.00. The molecule has 0 aliphatic rings. The number of nitrogens with one attached hydrogen (secondary N) is 1. The highest BCUT2D eigenvalue weighted by Gasteiger charge is 2.05. The van der Waals surface area contributed by atoms with Crippen LogP contribution in [0.2, 0.25) is 0 Å². The van der Waals surface area contributed by atoms with E-state index < -0.39 is 5.97 Å². The molecule has 64 valence electrons. The predicted molar refractivity (Wildman–Crippen MR) is 45.1 cm³/mol. The summed E-state index contributed by atoms with van der Waals surface area (Å²) in [6, 6.07) is 5.12. The number of hydrogen-bond donors (Lipinski definition) is 1. The summed E-state index contributed by atoms with van der Waals surface area (Å²) in [6.07, 6.45) is 0. The van der Waals surface area contributed by atoms with Gasteiger partial charge in [0.15, 0.2) is 5.69 Å². The van der Waals surface area contributed by atoms with Crippen molar-refractivity contribution in [1.82, 2.24) is 4.98 Å². The average molecular weight is 166 g/mol. The zero-order valence-electron chi connectivity index (χ0n) is 7.00. The number of pyridine rings is 1. The lowest BCUT2D eigenvalue weighted by atomic mass is 10.3. The zero-order chi connectivity index (χ0) is 8.97. The minimum absolute atomic E-state index is 0.310. The quantitative estimate of drug-likeness (QED) is 0.663. The van der Waals surface area contributed by atoms with E-state index in [-0.39, 0.29) is 0 Å². The van der Waals surface area contributed by atoms with Crippen molar-refractivity contribution in [2.45, 2.75) is 0 Å². The summed E-state index contributed by atoms with van der Waals surface area (Å²) in [6.45, 7) is 0. The van der Waals surface area contributed by atoms with E-state index in [4.69, 9.17) is 0 Å². The third-order valence-corrected chi connectivity index (χ3v) is 1.40. The summed E-state index contributed by atoms with van der Waals surface area (Å²) in [4.78, 5) is 14.9. The summed E-state index contributed by atoms with van der Waals surface area (Å²) >= 11 is 0. The van der Waals surface area contributed by atoms with E-state index in [1.165, 1.54) is 7.11 Å². The van der Waals surface area contributed by atoms with Crippen molar-refractivity contribution in [2.24, 2.45) is 0 Å². The molecule has 4 heteroatoms. The summed E-state index contributed by atoms with van der Waals surface area (Å²) in [5.41, 5.74) is 0.310. The fourth-order valence-electron chi connectivity index (χ4n) is 0.792. The summed E-state index contributed by atoms with van der Waals surface area (Å²) in [5, 5.41) is 2.83. The van der Waals surface area contributed by atoms with Crippen LogP contribution in [0.25, 0.3) is 0 Å². The maximum Gasteiger partial charge on any atom is 0.356 e. The molecule has 0 atom stereocenters. The normalized spacial score (nSPS) is 9.17. The lowest BCUT2D eigenvalue weighted by Gasteiger charge is -2.00. The van der Waals surface area contributed by atoms with Crippen molar-refractivity contribution in [3.8, 4) is 0 Å². The van der Waals surface area contributed by atoms with Gasteiger partial charge in [-0.25, -0.2) is 9.78 Å². The van der Waals surface area contributed by atoms with Crippen LogP contribution in [0.4, 0.5) is 5.82 Å². The number of rotatable bonds is 2. The second kappa shape index (κ2) is 3.71. The molecule has 0 aliphatic heterocycles. The Labute approximate surface area is 70.6 Å². The molecule has 0 amide bonds. The van der Waals surface area contributed by atoms with Crippen LogP contribution >= 0.6 is 0 Å². The Hall–Kier alpha value is -1.58. The van der Waals surface area contributed by atoms with Crippen molar-refractivity contribution in [1.29, 1.82) is 0 Å². The lowest BCUT2D eigenvalue weighted by Crippen LogP contribution is -2.05. The van der Waals surface area contributed by atoms with Crippen molar-refractivity contribution in [2.75, 3.05) is 19.5 Å². The second-order valence-corrected chi connectivity index (χ2v) is 2.15. The molecule has 0 unspecified atom stereocenters. The number of carbonyl (C=O) groups excluding carboxylic acids is 1. The highest BCUT2D eigenvalue weighted by Crippen LogP contribution is 2.04. The second-order valence-electron chi connectivity index (χ2n) is 2.15. The van der Waals surface area contributed by atoms with Crippen LogP contribution in [0, 0.1) is 0 Å². The standard InChI is InChI=1S/C8H10N2O2/c1-9-7-5-3-4-6(10-7)8(11)12-2/h3-5H,1-2H3,(H,9,10). The van der Waals surface area contributed by atoms with E-state index in [0.717, 1.165) is 0 Å². The molecule has 4 nitrogen and oxygen atoms in total. The Bertz CT molecular complexity index is 286. The molecule has 0 bridgehead atoms. The molecule has 0 fully saturated rings. The number of hydrogen-bond acceptors (Lipinski definition) is 4. The Morgan fingerprint density at radius 3 is 2.92 bits per heavy atom. The summed E-state index contributed by atoms with van der Waals surface area (Å²) in [7, 11) is 3.07. The first-order valence-corrected chi connectivity index (χ1v) is 3.51. The first-order chi connectivity index (χ1) is 5.77. The summed E-state index contributed by atoms with van der Waals surface area (Å²) in [5.74, 6) is 0.227. The molecule has 0 aliphatic carbocycles. The Kier molecular flexibility index (Phi) is 2.63. The molecule has 0 aromatic carbocycles. The third kappa shape index (κ3) is 1.72. The number of nitrogens with zero attached hydrogens (tertiary/aromatic N) is 1. The van der Waals surface area contributed by atoms with Gasteiger partial charge in [0.1, 0.15) is 5.82 Å². The SMILES string of the molecule is CNc1cccc(C(=O)OC)n1. The van der Waals surface area contributed by atoms with Crippen LogP contribution in [0.3, 0.4) is 0 Å². The lowest BCUT2D eigenvalue weighted by molar-refractivity contribution is 0.0594. The monoisotopic (exact) mass is 166 g/mol. The molecule has 0 saturated carbocycles. The van der Waals surface area contributed by atoms with E-state index in [2.05, 4.69) is 15.0 Å². The Morgan fingerprint density at radius 1 is 1.58 bits per heavy atom. The van der Waals surface area contributed by atoms with E-state index in [1.807, 2.05) is 0 Å². The average Bonchev–Trinajstić information content (AvgIpc) is 2.17. The molecule has 1 heterocycles. The molecule has 0 saturated heterocycles. The number of aromatic nitrogens is 1. The van der Waals surface area contributed by atoms with Crippen molar-refractivity contribution < 1.29 is 9.53 Å². The molecular formula is C8H10N2O2. The highest BCUT2D eigenvalue weighted by molar-refractivity contribution is 5.87. The van der Waals surface area contributed by atoms with E-state index >= 15 is 0 Å². The molecule has 1 aromatic rings. The van der Waals surface area contributed by atoms with Crippen LogP contribution in [-0.2, 0) is 4.74 Å². The number of ether oxygens (including phenoxy) is 1. The minimum atomic E-state index is -0.424. The fourth-order valence-corrected chi connectivity index (χ4v) is 0.792. The van der Waals surface area contributed by atoms with Crippen LogP contribution in [0.15, 0.2) is 18.2 Å². The summed E-state index contributed by atoms with van der Waals surface area (Å²) < 4.78 is 4.51. The van der Waals surface area contributed by atoms with Crippen LogP contribution in [0.1, 0.15) is 10.5 Å². The van der Waals surface area contributed by atoms with Gasteiger partial charge in [0.2, 0.25) is 0 Å². The maximum atomic E-state index is 11.0. The van der Waals surface area contributed by atoms with Crippen molar-refractivity contribution >= 4 is 11.8 Å². The number of esters is 1. The van der Waals surface area contributed by atoms with Gasteiger partial charge in [-0.05, 0) is 12.1 Å². The van der Waals surface area contributed by atoms with Gasteiger partial charge in [-0.3, -0.25) is 0 Å². The Morgan fingerprint density at radius 2 is 2.33 bits per heavy atom. The van der Waals surface area contributed by atoms with Crippen molar-refractivity contribution in [3.05, 3.63) is 23.9 Å². The van der Waals surface area contributed by atoms with E-state index in [9.17, 15) is 4.79 Å². The molecule has 12 heavy (non-hydrogen) atoms. The number of anilines is 1.